The van der Waals surface area contributed by atoms with Crippen LogP contribution in [0, 0.1) is 0 Å². The lowest BCUT2D eigenvalue weighted by molar-refractivity contribution is -0.123. The first kappa shape index (κ1) is 20.8. The predicted octanol–water partition coefficient (Wildman–Crippen LogP) is 4.23. The highest BCUT2D eigenvalue weighted by atomic mass is 79.9. The molecule has 0 unspecified atom stereocenters. The van der Waals surface area contributed by atoms with Crippen LogP contribution < -0.4 is 10.2 Å². The van der Waals surface area contributed by atoms with E-state index >= 15 is 0 Å². The number of carboxylic acids is 1. The van der Waals surface area contributed by atoms with E-state index in [-0.39, 0.29) is 12.2 Å². The molecule has 0 atom stereocenters. The van der Waals surface area contributed by atoms with E-state index in [1.165, 1.54) is 12.3 Å². The van der Waals surface area contributed by atoms with Gasteiger partial charge in [-0.2, -0.15) is 5.10 Å². The molecule has 0 bridgehead atoms. The predicted molar refractivity (Wildman–Crippen MR) is 116 cm³/mol. The van der Waals surface area contributed by atoms with Crippen LogP contribution in [-0.4, -0.2) is 34.4 Å². The van der Waals surface area contributed by atoms with Crippen molar-refractivity contribution >= 4 is 50.0 Å². The van der Waals surface area contributed by atoms with Crippen LogP contribution in [0.1, 0.15) is 16.1 Å². The largest absolute Gasteiger partial charge is 0.483 e. The van der Waals surface area contributed by atoms with Crippen molar-refractivity contribution in [3.05, 3.63) is 81.0 Å². The summed E-state index contributed by atoms with van der Waals surface area (Å²) < 4.78 is 8.83. The number of amides is 1. The van der Waals surface area contributed by atoms with E-state index in [1.54, 1.807) is 47.2 Å². The number of hydrogen-bond donors (Lipinski definition) is 2. The Morgan fingerprint density at radius 1 is 1.14 bits per heavy atom. The number of aromatic nitrogens is 1. The monoisotopic (exact) mass is 519 g/mol. The van der Waals surface area contributed by atoms with Gasteiger partial charge >= 0.3 is 5.97 Å². The van der Waals surface area contributed by atoms with Gasteiger partial charge in [0, 0.05) is 16.4 Å². The van der Waals surface area contributed by atoms with Gasteiger partial charge in [0.25, 0.3) is 5.91 Å². The number of carbonyl (C=O) groups is 2. The number of carbonyl (C=O) groups excluding carboxylic acids is 1. The molecule has 0 saturated carbocycles. The fourth-order valence-electron chi connectivity index (χ4n) is 2.46. The summed E-state index contributed by atoms with van der Waals surface area (Å²) in [5, 5.41) is 13.1. The molecule has 3 rings (SSSR count). The number of benzene rings is 2. The maximum atomic E-state index is 12.0. The SMILES string of the molecule is O=C(COc1ccc(Br)cc1Br)N/N=C\c1cccn1-c1cccc(C(=O)O)c1. The van der Waals surface area contributed by atoms with Crippen LogP contribution in [0.5, 0.6) is 5.75 Å². The minimum absolute atomic E-state index is 0.184. The molecule has 2 N–H and O–H groups in total. The highest BCUT2D eigenvalue weighted by Crippen LogP contribution is 2.28. The molecular formula is C20H15Br2N3O4. The first-order valence-electron chi connectivity index (χ1n) is 8.35. The Morgan fingerprint density at radius 3 is 2.72 bits per heavy atom. The Hall–Kier alpha value is -2.91. The van der Waals surface area contributed by atoms with Gasteiger partial charge in [-0.25, -0.2) is 10.2 Å². The summed E-state index contributed by atoms with van der Waals surface area (Å²) in [4.78, 5) is 23.1. The lowest BCUT2D eigenvalue weighted by atomic mass is 10.2. The van der Waals surface area contributed by atoms with E-state index in [9.17, 15) is 9.59 Å². The van der Waals surface area contributed by atoms with Crippen LogP contribution in [0.2, 0.25) is 0 Å². The van der Waals surface area contributed by atoms with Gasteiger partial charge in [0.05, 0.1) is 21.9 Å². The molecular weight excluding hydrogens is 506 g/mol. The third-order valence-corrected chi connectivity index (χ3v) is 4.90. The molecule has 0 fully saturated rings. The fourth-order valence-corrected chi connectivity index (χ4v) is 3.62. The van der Waals surface area contributed by atoms with Gasteiger partial charge in [0.2, 0.25) is 0 Å². The number of halogens is 2. The second-order valence-corrected chi connectivity index (χ2v) is 7.59. The average Bonchev–Trinajstić information content (AvgIpc) is 3.16. The van der Waals surface area contributed by atoms with Crippen molar-refractivity contribution < 1.29 is 19.4 Å². The summed E-state index contributed by atoms with van der Waals surface area (Å²) in [5.74, 6) is -0.875. The van der Waals surface area contributed by atoms with Crippen LogP contribution in [0.15, 0.2) is 74.8 Å². The van der Waals surface area contributed by atoms with Gasteiger partial charge in [0.1, 0.15) is 5.75 Å². The van der Waals surface area contributed by atoms with E-state index < -0.39 is 11.9 Å². The molecule has 0 aliphatic rings. The van der Waals surface area contributed by atoms with Gasteiger partial charge in [-0.15, -0.1) is 0 Å². The molecule has 1 aromatic heterocycles. The molecule has 29 heavy (non-hydrogen) atoms. The number of ether oxygens (including phenoxy) is 1. The summed E-state index contributed by atoms with van der Waals surface area (Å²) in [6.45, 7) is -0.195. The van der Waals surface area contributed by atoms with Crippen LogP contribution in [0.25, 0.3) is 5.69 Å². The minimum atomic E-state index is -1.00. The van der Waals surface area contributed by atoms with Gasteiger partial charge < -0.3 is 14.4 Å². The minimum Gasteiger partial charge on any atom is -0.483 e. The summed E-state index contributed by atoms with van der Waals surface area (Å²) >= 11 is 6.71. The van der Waals surface area contributed by atoms with Crippen LogP contribution in [0.4, 0.5) is 0 Å². The first-order valence-corrected chi connectivity index (χ1v) is 9.93. The third-order valence-electron chi connectivity index (χ3n) is 3.79. The number of aromatic carboxylic acids is 1. The van der Waals surface area contributed by atoms with Gasteiger partial charge in [-0.1, -0.05) is 22.0 Å². The molecule has 0 radical (unpaired) electrons. The van der Waals surface area contributed by atoms with E-state index in [1.807, 2.05) is 12.1 Å². The lowest BCUT2D eigenvalue weighted by Crippen LogP contribution is -2.24. The Balaban J connectivity index is 1.61. The Bertz CT molecular complexity index is 1080. The zero-order chi connectivity index (χ0) is 20.8. The number of nitrogens with zero attached hydrogens (tertiary/aromatic N) is 2. The van der Waals surface area contributed by atoms with E-state index in [2.05, 4.69) is 42.4 Å². The molecule has 0 aliphatic carbocycles. The summed E-state index contributed by atoms with van der Waals surface area (Å²) in [6, 6.07) is 15.5. The lowest BCUT2D eigenvalue weighted by Gasteiger charge is -2.08. The Morgan fingerprint density at radius 2 is 1.97 bits per heavy atom. The molecule has 9 heteroatoms. The summed E-state index contributed by atoms with van der Waals surface area (Å²) in [7, 11) is 0. The number of hydrogen-bond acceptors (Lipinski definition) is 4. The van der Waals surface area contributed by atoms with E-state index in [0.717, 1.165) is 8.95 Å². The van der Waals surface area contributed by atoms with Crippen molar-refractivity contribution in [2.75, 3.05) is 6.61 Å². The number of carboxylic acid groups (broad SMARTS) is 1. The molecule has 2 aromatic carbocycles. The molecule has 1 amide bonds. The Labute approximate surface area is 183 Å². The standard InChI is InChI=1S/C20H15Br2N3O4/c21-14-6-7-18(17(22)10-14)29-12-19(26)24-23-11-16-5-2-8-25(16)15-4-1-3-13(9-15)20(27)28/h1-11H,12H2,(H,24,26)(H,27,28)/b23-11-. The van der Waals surface area contributed by atoms with Crippen molar-refractivity contribution in [1.29, 1.82) is 0 Å². The van der Waals surface area contributed by atoms with E-state index in [4.69, 9.17) is 9.84 Å². The summed E-state index contributed by atoms with van der Waals surface area (Å²) in [5.41, 5.74) is 3.93. The maximum Gasteiger partial charge on any atom is 0.335 e. The quantitative estimate of drug-likeness (QED) is 0.360. The van der Waals surface area contributed by atoms with Crippen molar-refractivity contribution in [3.8, 4) is 11.4 Å². The molecule has 7 nitrogen and oxygen atoms in total. The second-order valence-electron chi connectivity index (χ2n) is 5.82. The van der Waals surface area contributed by atoms with Crippen LogP contribution >= 0.6 is 31.9 Å². The molecule has 1 heterocycles. The topological polar surface area (TPSA) is 92.9 Å². The van der Waals surface area contributed by atoms with Crippen molar-refractivity contribution in [1.82, 2.24) is 9.99 Å². The molecule has 0 spiro atoms. The molecule has 148 valence electrons. The molecule has 0 aliphatic heterocycles. The highest BCUT2D eigenvalue weighted by molar-refractivity contribution is 9.11. The van der Waals surface area contributed by atoms with Crippen molar-refractivity contribution in [2.24, 2.45) is 5.10 Å². The molecule has 0 saturated heterocycles. The summed E-state index contributed by atoms with van der Waals surface area (Å²) in [6.07, 6.45) is 3.25. The smallest absolute Gasteiger partial charge is 0.335 e. The third kappa shape index (κ3) is 5.55. The van der Waals surface area contributed by atoms with Crippen molar-refractivity contribution in [3.63, 3.8) is 0 Å². The fraction of sp³-hybridized carbons (Fsp3) is 0.0500. The van der Waals surface area contributed by atoms with Crippen molar-refractivity contribution in [2.45, 2.75) is 0 Å². The highest BCUT2D eigenvalue weighted by Gasteiger charge is 2.08. The van der Waals surface area contributed by atoms with Gasteiger partial charge in [0.15, 0.2) is 6.61 Å². The van der Waals surface area contributed by atoms with Gasteiger partial charge in [-0.3, -0.25) is 4.79 Å². The van der Waals surface area contributed by atoms with Crippen LogP contribution in [0.3, 0.4) is 0 Å². The zero-order valence-electron chi connectivity index (χ0n) is 14.9. The molecule has 3 aromatic rings. The normalized spacial score (nSPS) is 10.8. The first-order chi connectivity index (χ1) is 13.9. The van der Waals surface area contributed by atoms with E-state index in [0.29, 0.717) is 17.1 Å². The Kier molecular flexibility index (Phi) is 6.84. The number of hydrazone groups is 1. The van der Waals surface area contributed by atoms with Gasteiger partial charge in [-0.05, 0) is 64.5 Å². The number of rotatable bonds is 7. The maximum absolute atomic E-state index is 12.0. The zero-order valence-corrected chi connectivity index (χ0v) is 18.1. The second kappa shape index (κ2) is 9.53. The number of nitrogens with one attached hydrogen (secondary N) is 1. The van der Waals surface area contributed by atoms with Crippen LogP contribution in [-0.2, 0) is 4.79 Å². The average molecular weight is 521 g/mol.